The molecule has 0 bridgehead atoms. The monoisotopic (exact) mass is 388 g/mol. The SMILES string of the molecule is Cc1nn(-c2ccc(F)cc2)c2sc(C(=O)NCCNC(=O)C(C)C)cc12. The molecule has 3 aromatic rings. The van der Waals surface area contributed by atoms with E-state index < -0.39 is 0 Å². The fourth-order valence-corrected chi connectivity index (χ4v) is 3.67. The zero-order chi connectivity index (χ0) is 19.6. The van der Waals surface area contributed by atoms with Crippen molar-refractivity contribution in [1.29, 1.82) is 0 Å². The van der Waals surface area contributed by atoms with E-state index in [9.17, 15) is 14.0 Å². The molecular weight excluding hydrogens is 367 g/mol. The van der Waals surface area contributed by atoms with Gasteiger partial charge in [0.2, 0.25) is 5.91 Å². The molecule has 0 aliphatic rings. The maximum Gasteiger partial charge on any atom is 0.261 e. The standard InChI is InChI=1S/C19H21FN4O2S/c1-11(2)17(25)21-8-9-22-18(26)16-10-15-12(3)23-24(19(15)27-16)14-6-4-13(20)5-7-14/h4-7,10-11H,8-9H2,1-3H3,(H,21,25)(H,22,26). The van der Waals surface area contributed by atoms with E-state index in [0.29, 0.717) is 18.0 Å². The van der Waals surface area contributed by atoms with E-state index in [4.69, 9.17) is 0 Å². The first-order valence-electron chi connectivity index (χ1n) is 8.68. The van der Waals surface area contributed by atoms with Crippen LogP contribution in [0.3, 0.4) is 0 Å². The minimum atomic E-state index is -0.310. The van der Waals surface area contributed by atoms with Crippen LogP contribution < -0.4 is 10.6 Å². The van der Waals surface area contributed by atoms with E-state index in [-0.39, 0.29) is 23.5 Å². The van der Waals surface area contributed by atoms with Gasteiger partial charge >= 0.3 is 0 Å². The van der Waals surface area contributed by atoms with Gasteiger partial charge < -0.3 is 10.6 Å². The van der Waals surface area contributed by atoms with Crippen molar-refractivity contribution in [3.05, 3.63) is 46.7 Å². The van der Waals surface area contributed by atoms with E-state index in [1.165, 1.54) is 23.5 Å². The molecule has 2 N–H and O–H groups in total. The fraction of sp³-hybridized carbons (Fsp3) is 0.316. The number of hydrogen-bond donors (Lipinski definition) is 2. The molecule has 2 amide bonds. The third-order valence-corrected chi connectivity index (χ3v) is 5.18. The molecule has 6 nitrogen and oxygen atoms in total. The molecule has 3 rings (SSSR count). The van der Waals surface area contributed by atoms with Crippen LogP contribution in [-0.4, -0.2) is 34.7 Å². The Hall–Kier alpha value is -2.74. The van der Waals surface area contributed by atoms with Crippen LogP contribution in [0.5, 0.6) is 0 Å². The van der Waals surface area contributed by atoms with E-state index in [0.717, 1.165) is 21.6 Å². The number of carbonyl (C=O) groups excluding carboxylic acids is 2. The minimum Gasteiger partial charge on any atom is -0.354 e. The quantitative estimate of drug-likeness (QED) is 0.638. The number of halogens is 1. The Bertz CT molecular complexity index is 976. The van der Waals surface area contributed by atoms with Crippen LogP contribution >= 0.6 is 11.3 Å². The highest BCUT2D eigenvalue weighted by Crippen LogP contribution is 2.30. The average molecular weight is 388 g/mol. The first kappa shape index (κ1) is 19.0. The number of benzene rings is 1. The summed E-state index contributed by atoms with van der Waals surface area (Å²) < 4.78 is 14.9. The molecule has 27 heavy (non-hydrogen) atoms. The van der Waals surface area contributed by atoms with Gasteiger partial charge in [-0.1, -0.05) is 13.8 Å². The van der Waals surface area contributed by atoms with Crippen molar-refractivity contribution in [3.8, 4) is 5.69 Å². The molecule has 1 aromatic carbocycles. The Labute approximate surface area is 160 Å². The summed E-state index contributed by atoms with van der Waals surface area (Å²) >= 11 is 1.33. The van der Waals surface area contributed by atoms with Crippen LogP contribution in [0.4, 0.5) is 4.39 Å². The lowest BCUT2D eigenvalue weighted by Crippen LogP contribution is -2.36. The summed E-state index contributed by atoms with van der Waals surface area (Å²) in [5.41, 5.74) is 1.54. The Morgan fingerprint density at radius 1 is 1.19 bits per heavy atom. The van der Waals surface area contributed by atoms with Gasteiger partial charge in [-0.15, -0.1) is 11.3 Å². The third-order valence-electron chi connectivity index (χ3n) is 4.07. The molecule has 0 atom stereocenters. The number of fused-ring (bicyclic) bond motifs is 1. The normalized spacial score (nSPS) is 11.1. The molecule has 0 spiro atoms. The summed E-state index contributed by atoms with van der Waals surface area (Å²) in [4.78, 5) is 25.3. The lowest BCUT2D eigenvalue weighted by Gasteiger charge is -2.08. The predicted molar refractivity (Wildman–Crippen MR) is 104 cm³/mol. The number of aryl methyl sites for hydroxylation is 1. The van der Waals surface area contributed by atoms with Crippen molar-refractivity contribution in [2.24, 2.45) is 5.92 Å². The van der Waals surface area contributed by atoms with Gasteiger partial charge in [0.15, 0.2) is 0 Å². The van der Waals surface area contributed by atoms with Gasteiger partial charge in [-0.2, -0.15) is 5.10 Å². The van der Waals surface area contributed by atoms with Gasteiger partial charge in [0, 0.05) is 24.4 Å². The largest absolute Gasteiger partial charge is 0.354 e. The summed E-state index contributed by atoms with van der Waals surface area (Å²) in [5.74, 6) is -0.628. The van der Waals surface area contributed by atoms with Gasteiger partial charge in [-0.25, -0.2) is 9.07 Å². The summed E-state index contributed by atoms with van der Waals surface area (Å²) in [6.45, 7) is 6.25. The van der Waals surface area contributed by atoms with Gasteiger partial charge in [0.05, 0.1) is 16.3 Å². The average Bonchev–Trinajstić information content (AvgIpc) is 3.20. The molecule has 142 valence electrons. The molecule has 0 fully saturated rings. The molecule has 0 aliphatic heterocycles. The molecule has 0 saturated carbocycles. The van der Waals surface area contributed by atoms with Crippen LogP contribution in [0.25, 0.3) is 15.9 Å². The third kappa shape index (κ3) is 4.16. The first-order valence-corrected chi connectivity index (χ1v) is 9.49. The maximum atomic E-state index is 13.2. The predicted octanol–water partition coefficient (Wildman–Crippen LogP) is 3.04. The number of hydrogen-bond acceptors (Lipinski definition) is 4. The lowest BCUT2D eigenvalue weighted by atomic mass is 10.2. The van der Waals surface area contributed by atoms with E-state index in [2.05, 4.69) is 15.7 Å². The summed E-state index contributed by atoms with van der Waals surface area (Å²) in [7, 11) is 0. The first-order chi connectivity index (χ1) is 12.9. The van der Waals surface area contributed by atoms with E-state index in [1.807, 2.05) is 26.8 Å². The van der Waals surface area contributed by atoms with Crippen LogP contribution in [-0.2, 0) is 4.79 Å². The van der Waals surface area contributed by atoms with E-state index in [1.54, 1.807) is 16.8 Å². The highest BCUT2D eigenvalue weighted by Gasteiger charge is 2.17. The summed E-state index contributed by atoms with van der Waals surface area (Å²) in [6.07, 6.45) is 0. The van der Waals surface area contributed by atoms with Gasteiger partial charge in [-0.3, -0.25) is 9.59 Å². The summed E-state index contributed by atoms with van der Waals surface area (Å²) in [5, 5.41) is 10.9. The smallest absolute Gasteiger partial charge is 0.261 e. The highest BCUT2D eigenvalue weighted by molar-refractivity contribution is 7.20. The number of amides is 2. The highest BCUT2D eigenvalue weighted by atomic mass is 32.1. The number of nitrogens with zero attached hydrogens (tertiary/aromatic N) is 2. The number of thiophene rings is 1. The van der Waals surface area contributed by atoms with Gasteiger partial charge in [0.1, 0.15) is 10.6 Å². The maximum absolute atomic E-state index is 13.2. The van der Waals surface area contributed by atoms with Crippen LogP contribution in [0.15, 0.2) is 30.3 Å². The van der Waals surface area contributed by atoms with E-state index >= 15 is 0 Å². The Morgan fingerprint density at radius 3 is 2.52 bits per heavy atom. The molecule has 0 aliphatic carbocycles. The van der Waals surface area contributed by atoms with Crippen molar-refractivity contribution in [2.75, 3.05) is 13.1 Å². The van der Waals surface area contributed by atoms with Crippen LogP contribution in [0.1, 0.15) is 29.2 Å². The molecule has 0 unspecified atom stereocenters. The van der Waals surface area contributed by atoms with Crippen molar-refractivity contribution in [3.63, 3.8) is 0 Å². The summed E-state index contributed by atoms with van der Waals surface area (Å²) in [6, 6.07) is 7.87. The van der Waals surface area contributed by atoms with Crippen molar-refractivity contribution in [1.82, 2.24) is 20.4 Å². The fourth-order valence-electron chi connectivity index (χ4n) is 2.57. The zero-order valence-electron chi connectivity index (χ0n) is 15.4. The number of rotatable bonds is 6. The number of aromatic nitrogens is 2. The van der Waals surface area contributed by atoms with Gasteiger partial charge in [-0.05, 0) is 37.3 Å². The second kappa shape index (κ2) is 7.87. The van der Waals surface area contributed by atoms with Crippen molar-refractivity contribution in [2.45, 2.75) is 20.8 Å². The van der Waals surface area contributed by atoms with Crippen molar-refractivity contribution < 1.29 is 14.0 Å². The molecular formula is C19H21FN4O2S. The molecule has 0 radical (unpaired) electrons. The molecule has 0 saturated heterocycles. The molecule has 2 aromatic heterocycles. The molecule has 2 heterocycles. The second-order valence-corrected chi connectivity index (χ2v) is 7.54. The topological polar surface area (TPSA) is 76.0 Å². The number of nitrogens with one attached hydrogen (secondary N) is 2. The second-order valence-electron chi connectivity index (χ2n) is 6.50. The number of carbonyl (C=O) groups is 2. The molecule has 8 heteroatoms. The van der Waals surface area contributed by atoms with Crippen LogP contribution in [0.2, 0.25) is 0 Å². The zero-order valence-corrected chi connectivity index (χ0v) is 16.2. The van der Waals surface area contributed by atoms with Gasteiger partial charge in [0.25, 0.3) is 5.91 Å². The van der Waals surface area contributed by atoms with Crippen molar-refractivity contribution >= 4 is 33.4 Å². The Kier molecular flexibility index (Phi) is 5.55. The van der Waals surface area contributed by atoms with Crippen LogP contribution in [0, 0.1) is 18.7 Å². The lowest BCUT2D eigenvalue weighted by molar-refractivity contribution is -0.123. The Balaban J connectivity index is 1.73. The minimum absolute atomic E-state index is 0.0406. The Morgan fingerprint density at radius 2 is 1.85 bits per heavy atom.